The summed E-state index contributed by atoms with van der Waals surface area (Å²) < 4.78 is 15.2. The van der Waals surface area contributed by atoms with Crippen LogP contribution in [0, 0.1) is 11.7 Å². The molecule has 0 unspecified atom stereocenters. The largest absolute Gasteiger partial charge is 0.326 e. The molecule has 2 aromatic rings. The Hall–Kier alpha value is -1.76. The molecular weight excluding hydrogens is 343 g/mol. The van der Waals surface area contributed by atoms with E-state index < -0.39 is 0 Å². The van der Waals surface area contributed by atoms with E-state index >= 15 is 0 Å². The van der Waals surface area contributed by atoms with Gasteiger partial charge in [0.1, 0.15) is 5.82 Å². The zero-order valence-electron chi connectivity index (χ0n) is 15.1. The van der Waals surface area contributed by atoms with E-state index in [1.807, 2.05) is 32.8 Å². The number of nitrogens with zero attached hydrogens (tertiary/aromatic N) is 3. The van der Waals surface area contributed by atoms with Crippen molar-refractivity contribution in [3.05, 3.63) is 51.6 Å². The molecule has 5 nitrogen and oxygen atoms in total. The number of benzene rings is 1. The molecule has 0 bridgehead atoms. The summed E-state index contributed by atoms with van der Waals surface area (Å²) in [6, 6.07) is 6.54. The first-order chi connectivity index (χ1) is 11.3. The standard InChI is InChI=1S/C18H25FN4O.ClH/c1-12(2)10-23-18(24)15(11-22(3)4)8-17(21-23)13-5-6-16(19)14(7-13)9-20;/h5-8,12H,9-11,20H2,1-4H3;1H. The van der Waals surface area contributed by atoms with Gasteiger partial charge in [-0.1, -0.05) is 13.8 Å². The summed E-state index contributed by atoms with van der Waals surface area (Å²) >= 11 is 0. The predicted molar refractivity (Wildman–Crippen MR) is 101 cm³/mol. The summed E-state index contributed by atoms with van der Waals surface area (Å²) in [6.07, 6.45) is 0. The molecule has 138 valence electrons. The molecule has 0 saturated carbocycles. The van der Waals surface area contributed by atoms with Crippen LogP contribution in [0.1, 0.15) is 25.0 Å². The van der Waals surface area contributed by atoms with Crippen LogP contribution < -0.4 is 11.3 Å². The Morgan fingerprint density at radius 3 is 2.48 bits per heavy atom. The number of halogens is 2. The van der Waals surface area contributed by atoms with Gasteiger partial charge in [0.2, 0.25) is 0 Å². The van der Waals surface area contributed by atoms with Gasteiger partial charge in [-0.2, -0.15) is 5.10 Å². The van der Waals surface area contributed by atoms with Gasteiger partial charge >= 0.3 is 0 Å². The highest BCUT2D eigenvalue weighted by molar-refractivity contribution is 5.85. The van der Waals surface area contributed by atoms with Gasteiger partial charge in [-0.15, -0.1) is 12.4 Å². The third kappa shape index (κ3) is 5.36. The van der Waals surface area contributed by atoms with Gasteiger partial charge < -0.3 is 10.6 Å². The van der Waals surface area contributed by atoms with Crippen LogP contribution in [0.4, 0.5) is 4.39 Å². The lowest BCUT2D eigenvalue weighted by molar-refractivity contribution is 0.392. The molecule has 0 saturated heterocycles. The predicted octanol–water partition coefficient (Wildman–Crippen LogP) is 2.65. The lowest BCUT2D eigenvalue weighted by atomic mass is 10.1. The molecule has 1 heterocycles. The van der Waals surface area contributed by atoms with Crippen molar-refractivity contribution < 1.29 is 4.39 Å². The number of rotatable bonds is 6. The first kappa shape index (κ1) is 21.3. The maximum Gasteiger partial charge on any atom is 0.271 e. The Labute approximate surface area is 154 Å². The van der Waals surface area contributed by atoms with Gasteiger partial charge in [0.25, 0.3) is 5.56 Å². The van der Waals surface area contributed by atoms with Crippen molar-refractivity contribution in [1.82, 2.24) is 14.7 Å². The molecule has 25 heavy (non-hydrogen) atoms. The zero-order valence-corrected chi connectivity index (χ0v) is 15.9. The average Bonchev–Trinajstić information content (AvgIpc) is 2.50. The molecule has 2 N–H and O–H groups in total. The average molecular weight is 369 g/mol. The van der Waals surface area contributed by atoms with Crippen molar-refractivity contribution in [3.63, 3.8) is 0 Å². The Balaban J connectivity index is 0.00000312. The third-order valence-corrected chi connectivity index (χ3v) is 3.63. The van der Waals surface area contributed by atoms with E-state index in [0.717, 1.165) is 5.56 Å². The molecule has 0 aliphatic heterocycles. The van der Waals surface area contributed by atoms with Crippen molar-refractivity contribution in [2.45, 2.75) is 33.5 Å². The summed E-state index contributed by atoms with van der Waals surface area (Å²) in [4.78, 5) is 14.5. The molecule has 0 aliphatic rings. The maximum absolute atomic E-state index is 13.7. The number of hydrogen-bond acceptors (Lipinski definition) is 4. The fourth-order valence-electron chi connectivity index (χ4n) is 2.55. The highest BCUT2D eigenvalue weighted by atomic mass is 35.5. The topological polar surface area (TPSA) is 64.2 Å². The summed E-state index contributed by atoms with van der Waals surface area (Å²) in [5.74, 6) is -0.0317. The maximum atomic E-state index is 13.7. The molecule has 1 aromatic carbocycles. The van der Waals surface area contributed by atoms with Gasteiger partial charge in [0.05, 0.1) is 5.69 Å². The molecule has 0 fully saturated rings. The number of nitrogens with two attached hydrogens (primary N) is 1. The number of aromatic nitrogens is 2. The molecule has 0 atom stereocenters. The van der Waals surface area contributed by atoms with E-state index in [1.165, 1.54) is 10.7 Å². The van der Waals surface area contributed by atoms with Crippen molar-refractivity contribution in [2.24, 2.45) is 11.7 Å². The van der Waals surface area contributed by atoms with E-state index in [1.54, 1.807) is 18.2 Å². The Morgan fingerprint density at radius 1 is 1.24 bits per heavy atom. The molecule has 0 radical (unpaired) electrons. The minimum Gasteiger partial charge on any atom is -0.326 e. The molecule has 0 amide bonds. The zero-order chi connectivity index (χ0) is 17.9. The van der Waals surface area contributed by atoms with E-state index in [9.17, 15) is 9.18 Å². The molecule has 0 aliphatic carbocycles. The van der Waals surface area contributed by atoms with Crippen molar-refractivity contribution in [3.8, 4) is 11.3 Å². The van der Waals surface area contributed by atoms with E-state index in [-0.39, 0.29) is 30.3 Å². The first-order valence-electron chi connectivity index (χ1n) is 8.06. The lowest BCUT2D eigenvalue weighted by Crippen LogP contribution is -2.30. The van der Waals surface area contributed by atoms with E-state index in [4.69, 9.17) is 5.73 Å². The van der Waals surface area contributed by atoms with Crippen LogP contribution in [-0.4, -0.2) is 28.8 Å². The van der Waals surface area contributed by atoms with Gasteiger partial charge in [-0.25, -0.2) is 9.07 Å². The van der Waals surface area contributed by atoms with Crippen LogP contribution >= 0.6 is 12.4 Å². The molecule has 7 heteroatoms. The second kappa shape index (κ2) is 9.08. The second-order valence-electron chi connectivity index (χ2n) is 6.68. The summed E-state index contributed by atoms with van der Waals surface area (Å²) in [5, 5.41) is 4.48. The lowest BCUT2D eigenvalue weighted by Gasteiger charge is -2.15. The fraction of sp³-hybridized carbons (Fsp3) is 0.444. The minimum absolute atomic E-state index is 0. The molecule has 1 aromatic heterocycles. The number of hydrogen-bond donors (Lipinski definition) is 1. The monoisotopic (exact) mass is 368 g/mol. The van der Waals surface area contributed by atoms with Crippen LogP contribution in [0.3, 0.4) is 0 Å². The normalized spacial score (nSPS) is 11.0. The smallest absolute Gasteiger partial charge is 0.271 e. The summed E-state index contributed by atoms with van der Waals surface area (Å²) in [5.41, 5.74) is 8.03. The Morgan fingerprint density at radius 2 is 1.92 bits per heavy atom. The van der Waals surface area contributed by atoms with E-state index in [0.29, 0.717) is 35.8 Å². The van der Waals surface area contributed by atoms with Gasteiger partial charge in [0, 0.05) is 36.3 Å². The Kier molecular flexibility index (Phi) is 7.73. The highest BCUT2D eigenvalue weighted by Gasteiger charge is 2.13. The molecule has 2 rings (SSSR count). The van der Waals surface area contributed by atoms with E-state index in [2.05, 4.69) is 5.10 Å². The quantitative estimate of drug-likeness (QED) is 0.851. The van der Waals surface area contributed by atoms with Crippen molar-refractivity contribution in [2.75, 3.05) is 14.1 Å². The first-order valence-corrected chi connectivity index (χ1v) is 8.06. The van der Waals surface area contributed by atoms with Crippen LogP contribution in [0.2, 0.25) is 0 Å². The van der Waals surface area contributed by atoms with Gasteiger partial charge in [-0.3, -0.25) is 4.79 Å². The van der Waals surface area contributed by atoms with Crippen LogP contribution in [0.15, 0.2) is 29.1 Å². The van der Waals surface area contributed by atoms with Crippen molar-refractivity contribution >= 4 is 12.4 Å². The van der Waals surface area contributed by atoms with Crippen molar-refractivity contribution in [1.29, 1.82) is 0 Å². The SMILES string of the molecule is CC(C)Cn1nc(-c2ccc(F)c(CN)c2)cc(CN(C)C)c1=O.Cl. The molecular formula is C18H26ClFN4O. The van der Waals surface area contributed by atoms with Crippen LogP contribution in [0.5, 0.6) is 0 Å². The van der Waals surface area contributed by atoms with Gasteiger partial charge in [0.15, 0.2) is 0 Å². The summed E-state index contributed by atoms with van der Waals surface area (Å²) in [6.45, 7) is 5.26. The Bertz CT molecular complexity index is 740. The third-order valence-electron chi connectivity index (χ3n) is 3.63. The highest BCUT2D eigenvalue weighted by Crippen LogP contribution is 2.20. The van der Waals surface area contributed by atoms with Gasteiger partial charge in [-0.05, 0) is 44.3 Å². The minimum atomic E-state index is -0.328. The second-order valence-corrected chi connectivity index (χ2v) is 6.68. The molecule has 0 spiro atoms. The van der Waals surface area contributed by atoms with Crippen LogP contribution in [0.25, 0.3) is 11.3 Å². The summed E-state index contributed by atoms with van der Waals surface area (Å²) in [7, 11) is 3.83. The fourth-order valence-corrected chi connectivity index (χ4v) is 2.55. The van der Waals surface area contributed by atoms with Crippen LogP contribution in [-0.2, 0) is 19.6 Å².